The molecule has 5 nitrogen and oxygen atoms in total. The molecule has 1 aromatic rings. The molecule has 1 aliphatic heterocycles. The topological polar surface area (TPSA) is 66.6 Å². The largest absolute Gasteiger partial charge is 0.399 e. The number of benzene rings is 1. The number of piperazine rings is 1. The summed E-state index contributed by atoms with van der Waals surface area (Å²) in [5.74, 6) is 0. The van der Waals surface area contributed by atoms with E-state index in [2.05, 4.69) is 11.8 Å². The number of rotatable bonds is 3. The van der Waals surface area contributed by atoms with Gasteiger partial charge in [-0.05, 0) is 43.7 Å². The highest BCUT2D eigenvalue weighted by molar-refractivity contribution is 7.89. The molecule has 0 bridgehead atoms. The molecule has 1 fully saturated rings. The molecule has 1 aliphatic rings. The van der Waals surface area contributed by atoms with Gasteiger partial charge in [0.05, 0.1) is 4.90 Å². The van der Waals surface area contributed by atoms with Crippen LogP contribution in [0.25, 0.3) is 0 Å². The SMILES string of the molecule is CCN1CCN(S(=O)(=O)c2cc(N)cc(C)c2C)CC1. The summed E-state index contributed by atoms with van der Waals surface area (Å²) in [4.78, 5) is 2.60. The molecule has 2 N–H and O–H groups in total. The zero-order chi connectivity index (χ0) is 14.9. The zero-order valence-electron chi connectivity index (χ0n) is 12.4. The summed E-state index contributed by atoms with van der Waals surface area (Å²) < 4.78 is 27.1. The summed E-state index contributed by atoms with van der Waals surface area (Å²) in [6, 6.07) is 3.38. The molecule has 112 valence electrons. The second kappa shape index (κ2) is 5.71. The lowest BCUT2D eigenvalue weighted by molar-refractivity contribution is 0.196. The van der Waals surface area contributed by atoms with Crippen molar-refractivity contribution in [3.63, 3.8) is 0 Å². The van der Waals surface area contributed by atoms with Gasteiger partial charge in [-0.15, -0.1) is 0 Å². The molecular formula is C14H23N3O2S. The van der Waals surface area contributed by atoms with E-state index in [-0.39, 0.29) is 0 Å². The number of nitrogens with two attached hydrogens (primary N) is 1. The van der Waals surface area contributed by atoms with E-state index in [1.807, 2.05) is 19.9 Å². The van der Waals surface area contributed by atoms with Crippen LogP contribution in [-0.4, -0.2) is 50.3 Å². The van der Waals surface area contributed by atoms with E-state index in [0.717, 1.165) is 30.8 Å². The first-order valence-corrected chi connectivity index (χ1v) is 8.39. The molecular weight excluding hydrogens is 274 g/mol. The average Bonchev–Trinajstić information content (AvgIpc) is 2.42. The van der Waals surface area contributed by atoms with Gasteiger partial charge in [-0.25, -0.2) is 8.42 Å². The van der Waals surface area contributed by atoms with Crippen molar-refractivity contribution < 1.29 is 8.42 Å². The van der Waals surface area contributed by atoms with Crippen molar-refractivity contribution in [3.05, 3.63) is 23.3 Å². The minimum atomic E-state index is -3.44. The van der Waals surface area contributed by atoms with Gasteiger partial charge in [-0.1, -0.05) is 6.92 Å². The molecule has 1 saturated heterocycles. The third kappa shape index (κ3) is 2.82. The van der Waals surface area contributed by atoms with Gasteiger partial charge in [0.1, 0.15) is 0 Å². The fraction of sp³-hybridized carbons (Fsp3) is 0.571. The van der Waals surface area contributed by atoms with Crippen LogP contribution in [0.1, 0.15) is 18.1 Å². The predicted molar refractivity (Wildman–Crippen MR) is 81.2 cm³/mol. The van der Waals surface area contributed by atoms with Crippen LogP contribution in [0, 0.1) is 13.8 Å². The van der Waals surface area contributed by atoms with Crippen LogP contribution in [0.5, 0.6) is 0 Å². The van der Waals surface area contributed by atoms with E-state index in [9.17, 15) is 8.42 Å². The van der Waals surface area contributed by atoms with Gasteiger partial charge >= 0.3 is 0 Å². The maximum absolute atomic E-state index is 12.8. The van der Waals surface area contributed by atoms with Crippen LogP contribution in [0.4, 0.5) is 5.69 Å². The second-order valence-electron chi connectivity index (χ2n) is 5.30. The van der Waals surface area contributed by atoms with Crippen molar-refractivity contribution in [2.24, 2.45) is 0 Å². The smallest absolute Gasteiger partial charge is 0.243 e. The highest BCUT2D eigenvalue weighted by Crippen LogP contribution is 2.26. The normalized spacial score (nSPS) is 18.4. The molecule has 1 heterocycles. The number of hydrogen-bond donors (Lipinski definition) is 1. The molecule has 20 heavy (non-hydrogen) atoms. The maximum Gasteiger partial charge on any atom is 0.243 e. The third-order valence-electron chi connectivity index (χ3n) is 4.04. The van der Waals surface area contributed by atoms with E-state index >= 15 is 0 Å². The van der Waals surface area contributed by atoms with Gasteiger partial charge in [-0.2, -0.15) is 4.31 Å². The van der Waals surface area contributed by atoms with E-state index in [1.54, 1.807) is 10.4 Å². The van der Waals surface area contributed by atoms with E-state index in [1.165, 1.54) is 0 Å². The van der Waals surface area contributed by atoms with Crippen LogP contribution in [0.3, 0.4) is 0 Å². The van der Waals surface area contributed by atoms with Crippen LogP contribution < -0.4 is 5.73 Å². The number of nitrogen functional groups attached to an aromatic ring is 1. The van der Waals surface area contributed by atoms with Crippen LogP contribution in [0.2, 0.25) is 0 Å². The summed E-state index contributed by atoms with van der Waals surface area (Å²) in [6.07, 6.45) is 0. The Kier molecular flexibility index (Phi) is 4.36. The number of sulfonamides is 1. The Bertz CT molecular complexity index is 591. The molecule has 0 radical (unpaired) electrons. The molecule has 2 rings (SSSR count). The Balaban J connectivity index is 2.32. The number of likely N-dealkylation sites (N-methyl/N-ethyl adjacent to an activating group) is 1. The fourth-order valence-corrected chi connectivity index (χ4v) is 4.30. The predicted octanol–water partition coefficient (Wildman–Crippen LogP) is 1.21. The van der Waals surface area contributed by atoms with E-state index in [4.69, 9.17) is 5.73 Å². The van der Waals surface area contributed by atoms with Crippen molar-refractivity contribution in [2.45, 2.75) is 25.7 Å². The van der Waals surface area contributed by atoms with E-state index in [0.29, 0.717) is 23.7 Å². The summed E-state index contributed by atoms with van der Waals surface area (Å²) in [6.45, 7) is 9.45. The molecule has 0 saturated carbocycles. The fourth-order valence-electron chi connectivity index (χ4n) is 2.55. The molecule has 0 aliphatic carbocycles. The standard InChI is InChI=1S/C14H23N3O2S/c1-4-16-5-7-17(8-6-16)20(18,19)14-10-13(15)9-11(2)12(14)3/h9-10H,4-8,15H2,1-3H3. The first-order chi connectivity index (χ1) is 9.36. The van der Waals surface area contributed by atoms with Crippen molar-refractivity contribution in [1.29, 1.82) is 0 Å². The van der Waals surface area contributed by atoms with Gasteiger partial charge < -0.3 is 10.6 Å². The maximum atomic E-state index is 12.8. The molecule has 0 aromatic heterocycles. The summed E-state index contributed by atoms with van der Waals surface area (Å²) in [7, 11) is -3.44. The molecule has 0 unspecified atom stereocenters. The van der Waals surface area contributed by atoms with Crippen LogP contribution in [0.15, 0.2) is 17.0 Å². The second-order valence-corrected chi connectivity index (χ2v) is 7.21. The molecule has 0 spiro atoms. The minimum absolute atomic E-state index is 0.347. The first kappa shape index (κ1) is 15.3. The van der Waals surface area contributed by atoms with Gasteiger partial charge in [0, 0.05) is 31.9 Å². The van der Waals surface area contributed by atoms with Crippen LogP contribution in [-0.2, 0) is 10.0 Å². The summed E-state index contributed by atoms with van der Waals surface area (Å²) in [5, 5.41) is 0. The average molecular weight is 297 g/mol. The lowest BCUT2D eigenvalue weighted by atomic mass is 10.1. The van der Waals surface area contributed by atoms with Crippen molar-refractivity contribution in [2.75, 3.05) is 38.5 Å². The lowest BCUT2D eigenvalue weighted by Crippen LogP contribution is -2.48. The summed E-state index contributed by atoms with van der Waals surface area (Å²) in [5.41, 5.74) is 8.01. The van der Waals surface area contributed by atoms with E-state index < -0.39 is 10.0 Å². The van der Waals surface area contributed by atoms with Crippen molar-refractivity contribution >= 4 is 15.7 Å². The van der Waals surface area contributed by atoms with Crippen LogP contribution >= 0.6 is 0 Å². The first-order valence-electron chi connectivity index (χ1n) is 6.95. The van der Waals surface area contributed by atoms with Gasteiger partial charge in [0.25, 0.3) is 0 Å². The summed E-state index contributed by atoms with van der Waals surface area (Å²) >= 11 is 0. The highest BCUT2D eigenvalue weighted by atomic mass is 32.2. The van der Waals surface area contributed by atoms with Gasteiger partial charge in [0.15, 0.2) is 0 Å². The third-order valence-corrected chi connectivity index (χ3v) is 6.06. The number of aryl methyl sites for hydroxylation is 1. The Morgan fingerprint density at radius 3 is 2.30 bits per heavy atom. The Morgan fingerprint density at radius 1 is 1.15 bits per heavy atom. The Morgan fingerprint density at radius 2 is 1.75 bits per heavy atom. The molecule has 0 amide bonds. The molecule has 6 heteroatoms. The Labute approximate surface area is 121 Å². The highest BCUT2D eigenvalue weighted by Gasteiger charge is 2.29. The number of anilines is 1. The quantitative estimate of drug-likeness (QED) is 0.852. The monoisotopic (exact) mass is 297 g/mol. The number of hydrogen-bond acceptors (Lipinski definition) is 4. The molecule has 1 aromatic carbocycles. The zero-order valence-corrected chi connectivity index (χ0v) is 13.2. The van der Waals surface area contributed by atoms with Gasteiger partial charge in [0.2, 0.25) is 10.0 Å². The van der Waals surface area contributed by atoms with Gasteiger partial charge in [-0.3, -0.25) is 0 Å². The minimum Gasteiger partial charge on any atom is -0.399 e. The molecule has 0 atom stereocenters. The lowest BCUT2D eigenvalue weighted by Gasteiger charge is -2.33. The van der Waals surface area contributed by atoms with Crippen molar-refractivity contribution in [1.82, 2.24) is 9.21 Å². The number of nitrogens with zero attached hydrogens (tertiary/aromatic N) is 2. The Hall–Kier alpha value is -1.11. The van der Waals surface area contributed by atoms with Crippen molar-refractivity contribution in [3.8, 4) is 0 Å².